The number of rotatable bonds is 3. The smallest absolute Gasteiger partial charge is 0.0339 e. The van der Waals surface area contributed by atoms with E-state index in [-0.39, 0.29) is 0 Å². The van der Waals surface area contributed by atoms with Crippen molar-refractivity contribution < 1.29 is 0 Å². The molecule has 0 saturated heterocycles. The summed E-state index contributed by atoms with van der Waals surface area (Å²) >= 11 is 0. The molecule has 3 N–H and O–H groups in total. The first-order chi connectivity index (χ1) is 4.16. The van der Waals surface area contributed by atoms with Crippen LogP contribution in [0.25, 0.3) is 0 Å². The second kappa shape index (κ2) is 4.21. The van der Waals surface area contributed by atoms with Gasteiger partial charge in [0.1, 0.15) is 0 Å². The zero-order chi connectivity index (χ0) is 7.28. The first kappa shape index (κ1) is 8.30. The molecule has 3 heteroatoms. The van der Waals surface area contributed by atoms with Crippen molar-refractivity contribution in [2.24, 2.45) is 5.73 Å². The minimum Gasteiger partial charge on any atom is -0.401 e. The molecular weight excluding hydrogens is 114 g/mol. The zero-order valence-corrected chi connectivity index (χ0v) is 6.31. The maximum atomic E-state index is 5.40. The lowest BCUT2D eigenvalue weighted by Gasteiger charge is -2.13. The molecule has 0 spiro atoms. The third-order valence-corrected chi connectivity index (χ3v) is 0.805. The van der Waals surface area contributed by atoms with Crippen LogP contribution >= 0.6 is 0 Å². The first-order valence-electron chi connectivity index (χ1n) is 3.07. The van der Waals surface area contributed by atoms with Crippen LogP contribution < -0.4 is 11.2 Å². The Bertz CT molecular complexity index is 94.5. The number of nitrogens with two attached hydrogens (primary N) is 1. The number of hydrogen-bond donors (Lipinski definition) is 2. The molecule has 0 aliphatic carbocycles. The summed E-state index contributed by atoms with van der Waals surface area (Å²) in [5.41, 5.74) is 9.26. The summed E-state index contributed by atoms with van der Waals surface area (Å²) in [7, 11) is 1.92. The molecular formula is C6H15N3. The number of nitrogens with zero attached hydrogens (tertiary/aromatic N) is 1. The van der Waals surface area contributed by atoms with E-state index >= 15 is 0 Å². The predicted octanol–water partition coefficient (Wildman–Crippen LogP) is 0.263. The van der Waals surface area contributed by atoms with Crippen molar-refractivity contribution in [1.29, 1.82) is 0 Å². The normalized spacial score (nSPS) is 11.7. The topological polar surface area (TPSA) is 41.3 Å². The van der Waals surface area contributed by atoms with Crippen molar-refractivity contribution in [1.82, 2.24) is 10.4 Å². The maximum absolute atomic E-state index is 5.40. The van der Waals surface area contributed by atoms with Gasteiger partial charge in [0.15, 0.2) is 0 Å². The standard InChI is InChI=1S/C6H15N3/c1-4-8-9(3)5-6(2)7/h5,8H,4,7H2,1-3H3/b6-5+. The highest BCUT2D eigenvalue weighted by atomic mass is 15.5. The van der Waals surface area contributed by atoms with E-state index in [1.807, 2.05) is 32.1 Å². The van der Waals surface area contributed by atoms with Crippen LogP contribution in [0.2, 0.25) is 0 Å². The van der Waals surface area contributed by atoms with Gasteiger partial charge in [-0.25, -0.2) is 5.43 Å². The molecule has 0 atom stereocenters. The highest BCUT2D eigenvalue weighted by Crippen LogP contribution is 1.81. The van der Waals surface area contributed by atoms with Crippen LogP contribution in [0.4, 0.5) is 0 Å². The summed E-state index contributed by atoms with van der Waals surface area (Å²) in [6.07, 6.45) is 1.84. The Morgan fingerprint density at radius 1 is 1.78 bits per heavy atom. The van der Waals surface area contributed by atoms with Gasteiger partial charge in [0.05, 0.1) is 0 Å². The Hall–Kier alpha value is -0.700. The summed E-state index contributed by atoms with van der Waals surface area (Å²) in [6, 6.07) is 0. The van der Waals surface area contributed by atoms with Crippen molar-refractivity contribution in [3.05, 3.63) is 11.9 Å². The lowest BCUT2D eigenvalue weighted by atomic mass is 10.6. The molecule has 0 aromatic carbocycles. The zero-order valence-electron chi connectivity index (χ0n) is 6.31. The number of hydrazine groups is 1. The lowest BCUT2D eigenvalue weighted by Crippen LogP contribution is -2.29. The van der Waals surface area contributed by atoms with Gasteiger partial charge >= 0.3 is 0 Å². The van der Waals surface area contributed by atoms with Crippen LogP contribution in [-0.4, -0.2) is 18.6 Å². The van der Waals surface area contributed by atoms with Crippen LogP contribution in [0.1, 0.15) is 13.8 Å². The van der Waals surface area contributed by atoms with Gasteiger partial charge in [-0.3, -0.25) is 0 Å². The van der Waals surface area contributed by atoms with Gasteiger partial charge in [-0.1, -0.05) is 6.92 Å². The molecule has 0 aliphatic rings. The van der Waals surface area contributed by atoms with Gasteiger partial charge in [-0.2, -0.15) is 0 Å². The highest BCUT2D eigenvalue weighted by Gasteiger charge is 1.84. The Morgan fingerprint density at radius 3 is 2.67 bits per heavy atom. The maximum Gasteiger partial charge on any atom is 0.0339 e. The van der Waals surface area contributed by atoms with Crippen LogP contribution in [0.5, 0.6) is 0 Å². The van der Waals surface area contributed by atoms with Gasteiger partial charge in [0, 0.05) is 25.5 Å². The SMILES string of the molecule is CCNN(C)/C=C(\C)N. The number of hydrogen-bond acceptors (Lipinski definition) is 3. The monoisotopic (exact) mass is 129 g/mol. The van der Waals surface area contributed by atoms with Gasteiger partial charge in [-0.05, 0) is 6.92 Å². The Kier molecular flexibility index (Phi) is 3.88. The molecule has 0 fully saturated rings. The molecule has 3 nitrogen and oxygen atoms in total. The summed E-state index contributed by atoms with van der Waals surface area (Å²) < 4.78 is 0. The van der Waals surface area contributed by atoms with Crippen molar-refractivity contribution in [2.45, 2.75) is 13.8 Å². The van der Waals surface area contributed by atoms with Gasteiger partial charge < -0.3 is 10.7 Å². The quantitative estimate of drug-likeness (QED) is 0.537. The number of nitrogens with one attached hydrogen (secondary N) is 1. The Morgan fingerprint density at radius 2 is 2.33 bits per heavy atom. The minimum absolute atomic E-state index is 0.804. The number of allylic oxidation sites excluding steroid dienone is 1. The van der Waals surface area contributed by atoms with E-state index in [0.29, 0.717) is 0 Å². The van der Waals surface area contributed by atoms with Crippen molar-refractivity contribution in [3.63, 3.8) is 0 Å². The summed E-state index contributed by atoms with van der Waals surface area (Å²) in [6.45, 7) is 4.81. The third-order valence-electron chi connectivity index (χ3n) is 0.805. The molecule has 9 heavy (non-hydrogen) atoms. The summed E-state index contributed by atoms with van der Waals surface area (Å²) in [4.78, 5) is 0. The van der Waals surface area contributed by atoms with E-state index in [1.165, 1.54) is 0 Å². The average molecular weight is 129 g/mol. The fourth-order valence-corrected chi connectivity index (χ4v) is 0.600. The first-order valence-corrected chi connectivity index (χ1v) is 3.07. The van der Waals surface area contributed by atoms with E-state index in [4.69, 9.17) is 5.73 Å². The molecule has 0 radical (unpaired) electrons. The molecule has 0 amide bonds. The van der Waals surface area contributed by atoms with Crippen LogP contribution in [0.3, 0.4) is 0 Å². The van der Waals surface area contributed by atoms with E-state index in [1.54, 1.807) is 0 Å². The van der Waals surface area contributed by atoms with Crippen LogP contribution in [-0.2, 0) is 0 Å². The fraction of sp³-hybridized carbons (Fsp3) is 0.667. The minimum atomic E-state index is 0.804. The van der Waals surface area contributed by atoms with Crippen LogP contribution in [0.15, 0.2) is 11.9 Å². The molecule has 54 valence electrons. The second-order valence-corrected chi connectivity index (χ2v) is 2.00. The molecule has 0 heterocycles. The summed E-state index contributed by atoms with van der Waals surface area (Å²) in [5, 5.41) is 1.84. The molecule has 0 aromatic rings. The fourth-order valence-electron chi connectivity index (χ4n) is 0.600. The van der Waals surface area contributed by atoms with Crippen molar-refractivity contribution >= 4 is 0 Å². The third kappa shape index (κ3) is 5.17. The van der Waals surface area contributed by atoms with E-state index in [9.17, 15) is 0 Å². The molecule has 0 aliphatic heterocycles. The Labute approximate surface area is 56.5 Å². The van der Waals surface area contributed by atoms with Gasteiger partial charge in [0.2, 0.25) is 0 Å². The molecule has 0 rings (SSSR count). The highest BCUT2D eigenvalue weighted by molar-refractivity contribution is 4.88. The van der Waals surface area contributed by atoms with E-state index in [2.05, 4.69) is 5.43 Å². The largest absolute Gasteiger partial charge is 0.401 e. The van der Waals surface area contributed by atoms with E-state index in [0.717, 1.165) is 12.2 Å². The molecule has 0 unspecified atom stereocenters. The Balaban J connectivity index is 3.49. The molecule has 0 aromatic heterocycles. The second-order valence-electron chi connectivity index (χ2n) is 2.00. The van der Waals surface area contributed by atoms with Gasteiger partial charge in [-0.15, -0.1) is 0 Å². The predicted molar refractivity (Wildman–Crippen MR) is 39.4 cm³/mol. The van der Waals surface area contributed by atoms with Crippen LogP contribution in [0, 0.1) is 0 Å². The average Bonchev–Trinajstić information content (AvgIpc) is 1.63. The lowest BCUT2D eigenvalue weighted by molar-refractivity contribution is 0.335. The molecule has 0 saturated carbocycles. The van der Waals surface area contributed by atoms with Gasteiger partial charge in [0.25, 0.3) is 0 Å². The van der Waals surface area contributed by atoms with Crippen molar-refractivity contribution in [2.75, 3.05) is 13.6 Å². The molecule has 0 bridgehead atoms. The van der Waals surface area contributed by atoms with Crippen molar-refractivity contribution in [3.8, 4) is 0 Å². The summed E-state index contributed by atoms with van der Waals surface area (Å²) in [5.74, 6) is 0. The van der Waals surface area contributed by atoms with E-state index < -0.39 is 0 Å².